The van der Waals surface area contributed by atoms with Gasteiger partial charge in [0.05, 0.1) is 6.10 Å². The van der Waals surface area contributed by atoms with Gasteiger partial charge < -0.3 is 5.11 Å². The number of aliphatic hydroxyl groups is 1. The minimum absolute atomic E-state index is 0.0313. The highest BCUT2D eigenvalue weighted by molar-refractivity contribution is 5.04. The van der Waals surface area contributed by atoms with Gasteiger partial charge in [-0.2, -0.15) is 0 Å². The highest BCUT2D eigenvalue weighted by atomic mass is 16.3. The topological polar surface area (TPSA) is 20.2 Å². The predicted octanol–water partition coefficient (Wildman–Crippen LogP) is 2.05. The number of hydrogen-bond donors (Lipinski definition) is 1. The molecule has 1 N–H and O–H groups in total. The normalized spacial score (nSPS) is 53.5. The maximum atomic E-state index is 9.92. The summed E-state index contributed by atoms with van der Waals surface area (Å²) in [4.78, 5) is 0. The Morgan fingerprint density at radius 1 is 1.27 bits per heavy atom. The van der Waals surface area contributed by atoms with Crippen LogP contribution in [0.5, 0.6) is 0 Å². The van der Waals surface area contributed by atoms with Crippen LogP contribution in [0.2, 0.25) is 0 Å². The van der Waals surface area contributed by atoms with Crippen LogP contribution >= 0.6 is 0 Å². The van der Waals surface area contributed by atoms with Crippen LogP contribution in [-0.4, -0.2) is 11.2 Å². The Bertz CT molecular complexity index is 170. The Balaban J connectivity index is 2.25. The minimum atomic E-state index is -0.0313. The molecule has 0 heterocycles. The first-order chi connectivity index (χ1) is 5.03. The average Bonchev–Trinajstić information content (AvgIpc) is 2.36. The van der Waals surface area contributed by atoms with E-state index in [1.54, 1.807) is 0 Å². The van der Waals surface area contributed by atoms with Crippen molar-refractivity contribution in [2.75, 3.05) is 0 Å². The molecule has 11 heavy (non-hydrogen) atoms. The molecule has 2 aliphatic rings. The van der Waals surface area contributed by atoms with Crippen molar-refractivity contribution in [2.24, 2.45) is 23.2 Å². The third-order valence-corrected chi connectivity index (χ3v) is 4.16. The molecule has 4 atom stereocenters. The van der Waals surface area contributed by atoms with Crippen molar-refractivity contribution in [2.45, 2.75) is 39.7 Å². The van der Waals surface area contributed by atoms with Crippen molar-refractivity contribution in [3.8, 4) is 0 Å². The Morgan fingerprint density at radius 2 is 1.91 bits per heavy atom. The van der Waals surface area contributed by atoms with Gasteiger partial charge in [-0.05, 0) is 36.0 Å². The Morgan fingerprint density at radius 3 is 2.27 bits per heavy atom. The van der Waals surface area contributed by atoms with Gasteiger partial charge >= 0.3 is 0 Å². The molecule has 0 aromatic heterocycles. The monoisotopic (exact) mass is 154 g/mol. The SMILES string of the molecule is C[C@@H]1C[C@H]2C[C@@H]1[C@@H](O)C2(C)C. The number of hydrogen-bond acceptors (Lipinski definition) is 1. The molecule has 2 aliphatic carbocycles. The van der Waals surface area contributed by atoms with Gasteiger partial charge in [0.2, 0.25) is 0 Å². The molecule has 2 rings (SSSR count). The van der Waals surface area contributed by atoms with Gasteiger partial charge in [-0.3, -0.25) is 0 Å². The van der Waals surface area contributed by atoms with Gasteiger partial charge in [-0.1, -0.05) is 20.8 Å². The zero-order chi connectivity index (χ0) is 8.22. The highest BCUT2D eigenvalue weighted by Crippen LogP contribution is 2.57. The van der Waals surface area contributed by atoms with E-state index in [2.05, 4.69) is 20.8 Å². The predicted molar refractivity (Wildman–Crippen MR) is 45.2 cm³/mol. The number of aliphatic hydroxyl groups excluding tert-OH is 1. The molecule has 0 aromatic carbocycles. The summed E-state index contributed by atoms with van der Waals surface area (Å²) in [5.41, 5.74) is 0.206. The summed E-state index contributed by atoms with van der Waals surface area (Å²) in [6, 6.07) is 0. The van der Waals surface area contributed by atoms with Gasteiger partial charge in [0, 0.05) is 0 Å². The summed E-state index contributed by atoms with van der Waals surface area (Å²) in [5, 5.41) is 9.92. The third kappa shape index (κ3) is 0.807. The second kappa shape index (κ2) is 2.01. The van der Waals surface area contributed by atoms with Crippen molar-refractivity contribution in [1.82, 2.24) is 0 Å². The molecule has 0 aliphatic heterocycles. The van der Waals surface area contributed by atoms with Crippen LogP contribution in [0.15, 0.2) is 0 Å². The second-order valence-corrected chi connectivity index (χ2v) is 5.08. The fourth-order valence-electron chi connectivity index (χ4n) is 3.12. The number of fused-ring (bicyclic) bond motifs is 2. The van der Waals surface area contributed by atoms with E-state index in [1.807, 2.05) is 0 Å². The highest BCUT2D eigenvalue weighted by Gasteiger charge is 2.54. The van der Waals surface area contributed by atoms with E-state index in [9.17, 15) is 5.11 Å². The van der Waals surface area contributed by atoms with Crippen LogP contribution in [0.25, 0.3) is 0 Å². The van der Waals surface area contributed by atoms with E-state index >= 15 is 0 Å². The molecule has 1 heteroatoms. The second-order valence-electron chi connectivity index (χ2n) is 5.08. The van der Waals surface area contributed by atoms with Crippen molar-refractivity contribution in [3.63, 3.8) is 0 Å². The summed E-state index contributed by atoms with van der Waals surface area (Å²) in [6.45, 7) is 6.71. The van der Waals surface area contributed by atoms with Gasteiger partial charge in [0.1, 0.15) is 0 Å². The fraction of sp³-hybridized carbons (Fsp3) is 1.00. The average molecular weight is 154 g/mol. The molecule has 64 valence electrons. The van der Waals surface area contributed by atoms with Crippen molar-refractivity contribution >= 4 is 0 Å². The molecule has 0 radical (unpaired) electrons. The lowest BCUT2D eigenvalue weighted by molar-refractivity contribution is -0.0150. The zero-order valence-corrected chi connectivity index (χ0v) is 7.67. The molecule has 0 saturated heterocycles. The molecule has 2 bridgehead atoms. The van der Waals surface area contributed by atoms with Gasteiger partial charge in [-0.25, -0.2) is 0 Å². The van der Waals surface area contributed by atoms with Crippen molar-refractivity contribution in [1.29, 1.82) is 0 Å². The summed E-state index contributed by atoms with van der Waals surface area (Å²) in [7, 11) is 0. The first kappa shape index (κ1) is 7.60. The van der Waals surface area contributed by atoms with Gasteiger partial charge in [-0.15, -0.1) is 0 Å². The van der Waals surface area contributed by atoms with Crippen LogP contribution in [0.3, 0.4) is 0 Å². The third-order valence-electron chi connectivity index (χ3n) is 4.16. The van der Waals surface area contributed by atoms with E-state index in [4.69, 9.17) is 0 Å². The van der Waals surface area contributed by atoms with Crippen molar-refractivity contribution < 1.29 is 5.11 Å². The van der Waals surface area contributed by atoms with Gasteiger partial charge in [0.15, 0.2) is 0 Å². The summed E-state index contributed by atoms with van der Waals surface area (Å²) in [5.74, 6) is 2.16. The van der Waals surface area contributed by atoms with Crippen LogP contribution in [0.1, 0.15) is 33.6 Å². The smallest absolute Gasteiger partial charge is 0.0624 e. The largest absolute Gasteiger partial charge is 0.392 e. The Labute approximate surface area is 68.8 Å². The maximum absolute atomic E-state index is 9.92. The van der Waals surface area contributed by atoms with E-state index < -0.39 is 0 Å². The number of rotatable bonds is 0. The van der Waals surface area contributed by atoms with Crippen LogP contribution < -0.4 is 0 Å². The standard InChI is InChI=1S/C10H18O/c1-6-4-7-5-8(6)9(11)10(7,2)3/h6-9,11H,4-5H2,1-3H3/t6-,7+,8+,9-/m1/s1. The first-order valence-electron chi connectivity index (χ1n) is 4.71. The van der Waals surface area contributed by atoms with E-state index in [0.29, 0.717) is 5.92 Å². The molecule has 0 unspecified atom stereocenters. The zero-order valence-electron chi connectivity index (χ0n) is 7.67. The lowest BCUT2D eigenvalue weighted by Gasteiger charge is -2.37. The van der Waals surface area contributed by atoms with Gasteiger partial charge in [0.25, 0.3) is 0 Å². The molecular weight excluding hydrogens is 136 g/mol. The van der Waals surface area contributed by atoms with Crippen LogP contribution in [-0.2, 0) is 0 Å². The van der Waals surface area contributed by atoms with E-state index in [1.165, 1.54) is 12.8 Å². The Kier molecular flexibility index (Phi) is 1.39. The lowest BCUT2D eigenvalue weighted by Crippen LogP contribution is -2.38. The summed E-state index contributed by atoms with van der Waals surface area (Å²) >= 11 is 0. The molecular formula is C10H18O. The van der Waals surface area contributed by atoms with Crippen LogP contribution in [0.4, 0.5) is 0 Å². The lowest BCUT2D eigenvalue weighted by atomic mass is 9.71. The van der Waals surface area contributed by atoms with Crippen LogP contribution in [0, 0.1) is 23.2 Å². The molecule has 2 saturated carbocycles. The van der Waals surface area contributed by atoms with E-state index in [0.717, 1.165) is 11.8 Å². The fourth-order valence-corrected chi connectivity index (χ4v) is 3.12. The molecule has 2 fully saturated rings. The van der Waals surface area contributed by atoms with E-state index in [-0.39, 0.29) is 11.5 Å². The summed E-state index contributed by atoms with van der Waals surface area (Å²) < 4.78 is 0. The molecule has 0 amide bonds. The summed E-state index contributed by atoms with van der Waals surface area (Å²) in [6.07, 6.45) is 2.58. The molecule has 0 spiro atoms. The molecule has 0 aromatic rings. The minimum Gasteiger partial charge on any atom is -0.392 e. The maximum Gasteiger partial charge on any atom is 0.0624 e. The quantitative estimate of drug-likeness (QED) is 0.566. The molecule has 1 nitrogen and oxygen atoms in total. The van der Waals surface area contributed by atoms with Crippen molar-refractivity contribution in [3.05, 3.63) is 0 Å². The first-order valence-corrected chi connectivity index (χ1v) is 4.71. The Hall–Kier alpha value is -0.0400.